The van der Waals surface area contributed by atoms with Crippen LogP contribution in [-0.4, -0.2) is 11.1 Å². The number of aryl methyl sites for hydroxylation is 1. The average molecular weight is 236 g/mol. The predicted molar refractivity (Wildman–Crippen MR) is 64.5 cm³/mol. The maximum Gasteiger partial charge on any atom is 0.289 e. The number of rotatable bonds is 1. The fraction of sp³-hybridized carbons (Fsp3) is 0.273. The van der Waals surface area contributed by atoms with Crippen LogP contribution in [0.3, 0.4) is 0 Å². The largest absolute Gasteiger partial charge is 0.326 e. The quantitative estimate of drug-likeness (QED) is 0.726. The second-order valence-electron chi connectivity index (χ2n) is 3.68. The maximum atomic E-state index is 11.6. The molecule has 0 aromatic heterocycles. The molecule has 4 nitrogen and oxygen atoms in total. The van der Waals surface area contributed by atoms with Gasteiger partial charge in [-0.2, -0.15) is 0 Å². The number of fused-ring (bicyclic) bond motifs is 1. The number of hydrogen-bond acceptors (Lipinski definition) is 3. The Morgan fingerprint density at radius 2 is 2.19 bits per heavy atom. The molecule has 0 bridgehead atoms. The van der Waals surface area contributed by atoms with Gasteiger partial charge in [-0.15, -0.1) is 0 Å². The van der Waals surface area contributed by atoms with E-state index < -0.39 is 5.24 Å². The molecule has 16 heavy (non-hydrogen) atoms. The van der Waals surface area contributed by atoms with Crippen LogP contribution in [0.5, 0.6) is 0 Å². The summed E-state index contributed by atoms with van der Waals surface area (Å²) < 4.78 is 0. The molecule has 0 radical (unpaired) electrons. The van der Waals surface area contributed by atoms with Gasteiger partial charge in [0.25, 0.3) is 5.24 Å². The molecule has 0 aliphatic carbocycles. The van der Waals surface area contributed by atoms with Crippen molar-refractivity contribution < 1.29 is 9.59 Å². The van der Waals surface area contributed by atoms with Gasteiger partial charge in [0, 0.05) is 13.0 Å². The number of nitrogens with zero attached hydrogens (tertiary/aromatic N) is 1. The van der Waals surface area contributed by atoms with Gasteiger partial charge in [0.1, 0.15) is 0 Å². The molecular weight excluding hydrogens is 224 g/mol. The van der Waals surface area contributed by atoms with E-state index in [1.165, 1.54) is 0 Å². The van der Waals surface area contributed by atoms with Crippen molar-refractivity contribution in [2.75, 3.05) is 4.90 Å². The number of amides is 2. The number of carbonyl (C=O) groups excluding carboxylic acids is 2. The van der Waals surface area contributed by atoms with Gasteiger partial charge in [-0.05, 0) is 23.6 Å². The summed E-state index contributed by atoms with van der Waals surface area (Å²) in [4.78, 5) is 24.0. The van der Waals surface area contributed by atoms with E-state index in [9.17, 15) is 9.59 Å². The highest BCUT2D eigenvalue weighted by Crippen LogP contribution is 2.29. The van der Waals surface area contributed by atoms with Gasteiger partial charge in [-0.1, -0.05) is 24.8 Å². The first-order chi connectivity index (χ1) is 7.63. The molecule has 0 fully saturated rings. The van der Waals surface area contributed by atoms with Crippen LogP contribution in [0.25, 0.3) is 0 Å². The van der Waals surface area contributed by atoms with Crippen LogP contribution in [0.2, 0.25) is 0 Å². The highest BCUT2D eigenvalue weighted by atomic mass is 32.1. The Morgan fingerprint density at radius 3 is 2.81 bits per heavy atom. The Balaban J connectivity index is 2.48. The van der Waals surface area contributed by atoms with E-state index in [1.54, 1.807) is 6.07 Å². The van der Waals surface area contributed by atoms with Gasteiger partial charge in [0.05, 0.1) is 5.69 Å². The predicted octanol–water partition coefficient (Wildman–Crippen LogP) is 1.47. The number of thiol groups is 1. The molecule has 1 aliphatic rings. The summed E-state index contributed by atoms with van der Waals surface area (Å²) in [5.41, 5.74) is 8.15. The van der Waals surface area contributed by atoms with Crippen LogP contribution >= 0.6 is 12.6 Å². The molecule has 84 valence electrons. The summed E-state index contributed by atoms with van der Waals surface area (Å²) in [5.74, 6) is -0.201. The van der Waals surface area contributed by atoms with E-state index >= 15 is 0 Å². The Hall–Kier alpha value is -1.33. The first kappa shape index (κ1) is 11.2. The molecular formula is C11H12N2O2S. The third kappa shape index (κ3) is 1.83. The summed E-state index contributed by atoms with van der Waals surface area (Å²) in [5, 5.41) is -0.536. The van der Waals surface area contributed by atoms with E-state index in [2.05, 4.69) is 12.6 Å². The summed E-state index contributed by atoms with van der Waals surface area (Å²) >= 11 is 3.72. The van der Waals surface area contributed by atoms with Crippen LogP contribution in [0.1, 0.15) is 17.5 Å². The highest BCUT2D eigenvalue weighted by molar-refractivity contribution is 7.97. The van der Waals surface area contributed by atoms with Crippen LogP contribution in [0.15, 0.2) is 18.2 Å². The van der Waals surface area contributed by atoms with Gasteiger partial charge in [0.2, 0.25) is 5.91 Å². The standard InChI is InChI=1S/C11H12N2O2S/c12-6-7-1-3-9-8(5-7)2-4-10(14)13(9)11(15)16/h1,3,5H,2,4,6,12H2,(H,15,16). The number of hydrogen-bond donors (Lipinski definition) is 2. The van der Waals surface area contributed by atoms with Gasteiger partial charge in [0.15, 0.2) is 0 Å². The fourth-order valence-electron chi connectivity index (χ4n) is 1.88. The lowest BCUT2D eigenvalue weighted by molar-refractivity contribution is -0.118. The lowest BCUT2D eigenvalue weighted by Gasteiger charge is -2.26. The molecule has 2 amide bonds. The first-order valence-corrected chi connectivity index (χ1v) is 5.46. The second-order valence-corrected chi connectivity index (χ2v) is 4.06. The minimum absolute atomic E-state index is 0.201. The normalized spacial score (nSPS) is 14.9. The minimum atomic E-state index is -0.536. The number of imide groups is 1. The third-order valence-electron chi connectivity index (χ3n) is 2.67. The van der Waals surface area contributed by atoms with Crippen LogP contribution in [0, 0.1) is 0 Å². The van der Waals surface area contributed by atoms with Crippen molar-refractivity contribution in [1.29, 1.82) is 0 Å². The van der Waals surface area contributed by atoms with Crippen molar-refractivity contribution in [3.63, 3.8) is 0 Å². The number of anilines is 1. The maximum absolute atomic E-state index is 11.6. The molecule has 2 N–H and O–H groups in total. The fourth-order valence-corrected chi connectivity index (χ4v) is 2.10. The first-order valence-electron chi connectivity index (χ1n) is 5.01. The summed E-state index contributed by atoms with van der Waals surface area (Å²) in [6, 6.07) is 5.51. The van der Waals surface area contributed by atoms with Crippen molar-refractivity contribution >= 4 is 29.5 Å². The molecule has 0 atom stereocenters. The number of nitrogens with two attached hydrogens (primary N) is 1. The van der Waals surface area contributed by atoms with Crippen molar-refractivity contribution in [3.05, 3.63) is 29.3 Å². The Bertz CT molecular complexity index is 459. The molecule has 0 saturated heterocycles. The van der Waals surface area contributed by atoms with Crippen LogP contribution in [0.4, 0.5) is 10.5 Å². The third-order valence-corrected chi connectivity index (χ3v) is 2.87. The Labute approximate surface area is 98.8 Å². The highest BCUT2D eigenvalue weighted by Gasteiger charge is 2.27. The van der Waals surface area contributed by atoms with Gasteiger partial charge in [-0.3, -0.25) is 9.59 Å². The van der Waals surface area contributed by atoms with E-state index in [0.29, 0.717) is 25.1 Å². The van der Waals surface area contributed by atoms with Crippen molar-refractivity contribution in [2.45, 2.75) is 19.4 Å². The van der Waals surface area contributed by atoms with Crippen LogP contribution in [-0.2, 0) is 17.8 Å². The summed E-state index contributed by atoms with van der Waals surface area (Å²) in [6.45, 7) is 0.454. The SMILES string of the molecule is NCc1ccc2c(c1)CCC(=O)N2C(=O)S. The zero-order valence-corrected chi connectivity index (χ0v) is 9.54. The average Bonchev–Trinajstić information content (AvgIpc) is 2.27. The van der Waals surface area contributed by atoms with E-state index in [0.717, 1.165) is 16.0 Å². The topological polar surface area (TPSA) is 63.4 Å². The molecule has 1 aromatic rings. The number of carbonyl (C=O) groups is 2. The Kier molecular flexibility index (Phi) is 2.98. The zero-order chi connectivity index (χ0) is 11.7. The molecule has 0 spiro atoms. The van der Waals surface area contributed by atoms with E-state index in [-0.39, 0.29) is 5.91 Å². The molecule has 0 unspecified atom stereocenters. The lowest BCUT2D eigenvalue weighted by atomic mass is 9.99. The van der Waals surface area contributed by atoms with Crippen molar-refractivity contribution in [3.8, 4) is 0 Å². The summed E-state index contributed by atoms with van der Waals surface area (Å²) in [6.07, 6.45) is 0.993. The smallest absolute Gasteiger partial charge is 0.289 e. The Morgan fingerprint density at radius 1 is 1.44 bits per heavy atom. The molecule has 2 rings (SSSR count). The molecule has 0 saturated carbocycles. The number of benzene rings is 1. The molecule has 1 heterocycles. The molecule has 1 aromatic carbocycles. The van der Waals surface area contributed by atoms with Gasteiger partial charge < -0.3 is 5.73 Å². The molecule has 5 heteroatoms. The second kappa shape index (κ2) is 4.27. The van der Waals surface area contributed by atoms with E-state index in [1.807, 2.05) is 12.1 Å². The van der Waals surface area contributed by atoms with E-state index in [4.69, 9.17) is 5.73 Å². The lowest BCUT2D eigenvalue weighted by Crippen LogP contribution is -2.37. The minimum Gasteiger partial charge on any atom is -0.326 e. The van der Waals surface area contributed by atoms with Crippen molar-refractivity contribution in [2.24, 2.45) is 5.73 Å². The molecule has 1 aliphatic heterocycles. The van der Waals surface area contributed by atoms with Gasteiger partial charge >= 0.3 is 0 Å². The monoisotopic (exact) mass is 236 g/mol. The van der Waals surface area contributed by atoms with Crippen molar-refractivity contribution in [1.82, 2.24) is 0 Å². The summed E-state index contributed by atoms with van der Waals surface area (Å²) in [7, 11) is 0. The van der Waals surface area contributed by atoms with Gasteiger partial charge in [-0.25, -0.2) is 4.90 Å². The zero-order valence-electron chi connectivity index (χ0n) is 8.64. The van der Waals surface area contributed by atoms with Crippen LogP contribution < -0.4 is 10.6 Å².